The first kappa shape index (κ1) is 16.1. The molecule has 1 amide bonds. The van der Waals surface area contributed by atoms with Gasteiger partial charge in [0.2, 0.25) is 5.91 Å². The number of hydrogen-bond donors (Lipinski definition) is 3. The number of nitrogens with one attached hydrogen (secondary N) is 1. The van der Waals surface area contributed by atoms with Crippen LogP contribution in [0.1, 0.15) is 12.8 Å². The van der Waals surface area contributed by atoms with Crippen molar-refractivity contribution < 1.29 is 24.6 Å². The molecule has 0 saturated heterocycles. The Bertz CT molecular complexity index is 724. The van der Waals surface area contributed by atoms with Crippen molar-refractivity contribution in [3.8, 4) is 11.4 Å². The van der Waals surface area contributed by atoms with Gasteiger partial charge in [0.15, 0.2) is 5.82 Å². The summed E-state index contributed by atoms with van der Waals surface area (Å²) in [6.45, 7) is 0. The van der Waals surface area contributed by atoms with Crippen LogP contribution in [0.25, 0.3) is 17.6 Å². The van der Waals surface area contributed by atoms with E-state index in [0.717, 1.165) is 11.6 Å². The van der Waals surface area contributed by atoms with Gasteiger partial charge in [0.05, 0.1) is 0 Å². The van der Waals surface area contributed by atoms with E-state index in [4.69, 9.17) is 10.2 Å². The number of nitrogens with zero attached hydrogens (tertiary/aromatic N) is 3. The van der Waals surface area contributed by atoms with Gasteiger partial charge in [-0.1, -0.05) is 0 Å². The van der Waals surface area contributed by atoms with Gasteiger partial charge in [-0.15, -0.1) is 0 Å². The normalized spacial score (nSPS) is 12.3. The number of hydrogen-bond acceptors (Lipinski definition) is 5. The van der Waals surface area contributed by atoms with E-state index >= 15 is 0 Å². The predicted molar refractivity (Wildman–Crippen MR) is 78.4 cm³/mol. The largest absolute Gasteiger partial charge is 0.481 e. The number of carboxylic acids is 2. The molecule has 0 saturated carbocycles. The van der Waals surface area contributed by atoms with Crippen molar-refractivity contribution in [1.82, 2.24) is 19.9 Å². The van der Waals surface area contributed by atoms with E-state index in [1.807, 2.05) is 0 Å². The number of fused-ring (bicyclic) bond motifs is 1. The molecule has 2 heterocycles. The standard InChI is InChI=1S/C14H14N4O5/c19-11(17-10(14(22)23)1-2-12(20)21)4-6-18-7-9-3-5-15-13(9)16-8-18/h3-8,10H,1-2H2,(H,17,19)(H,20,21)(H,22,23)/t10-/m0/s1. The minimum absolute atomic E-state index is 0.190. The third-order valence-corrected chi connectivity index (χ3v) is 2.97. The minimum Gasteiger partial charge on any atom is -0.481 e. The van der Waals surface area contributed by atoms with E-state index in [9.17, 15) is 14.4 Å². The fraction of sp³-hybridized carbons (Fsp3) is 0.214. The first-order valence-electron chi connectivity index (χ1n) is 6.67. The molecule has 3 N–H and O–H groups in total. The highest BCUT2D eigenvalue weighted by Gasteiger charge is 2.19. The molecule has 9 heteroatoms. The van der Waals surface area contributed by atoms with E-state index in [2.05, 4.69) is 15.3 Å². The Labute approximate surface area is 130 Å². The summed E-state index contributed by atoms with van der Waals surface area (Å²) < 4.78 is 1.52. The van der Waals surface area contributed by atoms with Crippen molar-refractivity contribution in [2.24, 2.45) is 0 Å². The highest BCUT2D eigenvalue weighted by molar-refractivity contribution is 5.93. The van der Waals surface area contributed by atoms with Crippen molar-refractivity contribution in [1.29, 1.82) is 0 Å². The molecule has 120 valence electrons. The number of rotatable bonds is 7. The molecule has 0 fully saturated rings. The Hall–Kier alpha value is -3.23. The van der Waals surface area contributed by atoms with Crippen LogP contribution < -0.4 is 5.32 Å². The second-order valence-electron chi connectivity index (χ2n) is 4.69. The van der Waals surface area contributed by atoms with Crippen LogP contribution in [-0.4, -0.2) is 48.6 Å². The molecule has 1 atom stereocenters. The van der Waals surface area contributed by atoms with E-state index in [1.54, 1.807) is 18.5 Å². The van der Waals surface area contributed by atoms with Crippen LogP contribution in [0.3, 0.4) is 0 Å². The van der Waals surface area contributed by atoms with Crippen molar-refractivity contribution in [2.45, 2.75) is 18.9 Å². The maximum Gasteiger partial charge on any atom is 0.326 e. The lowest BCUT2D eigenvalue weighted by molar-refractivity contribution is -0.142. The van der Waals surface area contributed by atoms with Crippen molar-refractivity contribution in [3.63, 3.8) is 0 Å². The fourth-order valence-corrected chi connectivity index (χ4v) is 1.84. The van der Waals surface area contributed by atoms with Crippen LogP contribution in [-0.2, 0) is 14.4 Å². The molecule has 2 rings (SSSR count). The number of carbonyl (C=O) groups is 3. The molecule has 0 aliphatic carbocycles. The van der Waals surface area contributed by atoms with Crippen molar-refractivity contribution >= 4 is 24.0 Å². The molecule has 0 spiro atoms. The molecule has 23 heavy (non-hydrogen) atoms. The van der Waals surface area contributed by atoms with Gasteiger partial charge in [-0.25, -0.2) is 14.8 Å². The molecular formula is C14H14N4O5. The van der Waals surface area contributed by atoms with E-state index in [1.165, 1.54) is 17.1 Å². The van der Waals surface area contributed by atoms with Crippen LogP contribution in [0.4, 0.5) is 0 Å². The van der Waals surface area contributed by atoms with Gasteiger partial charge in [0.1, 0.15) is 12.4 Å². The molecule has 0 aromatic rings. The first-order chi connectivity index (χ1) is 11.0. The number of amides is 1. The monoisotopic (exact) mass is 318 g/mol. The maximum absolute atomic E-state index is 11.7. The second kappa shape index (κ2) is 7.16. The third kappa shape index (κ3) is 4.63. The van der Waals surface area contributed by atoms with Gasteiger partial charge in [0.25, 0.3) is 0 Å². The molecule has 0 aromatic heterocycles. The molecule has 2 aliphatic heterocycles. The number of aromatic nitrogens is 3. The molecule has 0 radical (unpaired) electrons. The Morgan fingerprint density at radius 3 is 2.78 bits per heavy atom. The Balaban J connectivity index is 1.98. The van der Waals surface area contributed by atoms with Crippen LogP contribution in [0.5, 0.6) is 0 Å². The van der Waals surface area contributed by atoms with Crippen molar-refractivity contribution in [2.75, 3.05) is 0 Å². The molecule has 0 unspecified atom stereocenters. The fourth-order valence-electron chi connectivity index (χ4n) is 1.84. The second-order valence-corrected chi connectivity index (χ2v) is 4.69. The van der Waals surface area contributed by atoms with Crippen LogP contribution in [0.2, 0.25) is 0 Å². The third-order valence-electron chi connectivity index (χ3n) is 2.97. The summed E-state index contributed by atoms with van der Waals surface area (Å²) >= 11 is 0. The van der Waals surface area contributed by atoms with Gasteiger partial charge >= 0.3 is 11.9 Å². The lowest BCUT2D eigenvalue weighted by Gasteiger charge is -2.11. The van der Waals surface area contributed by atoms with Gasteiger partial charge in [0, 0.05) is 36.7 Å². The summed E-state index contributed by atoms with van der Waals surface area (Å²) in [7, 11) is 0. The molecule has 0 aromatic carbocycles. The van der Waals surface area contributed by atoms with E-state index < -0.39 is 23.9 Å². The lowest BCUT2D eigenvalue weighted by Crippen LogP contribution is -2.40. The summed E-state index contributed by atoms with van der Waals surface area (Å²) in [6, 6.07) is 0.507. The number of aliphatic carboxylic acids is 2. The van der Waals surface area contributed by atoms with Gasteiger partial charge < -0.3 is 20.1 Å². The average Bonchev–Trinajstić information content (AvgIpc) is 2.96. The molecule has 0 bridgehead atoms. The Morgan fingerprint density at radius 2 is 2.09 bits per heavy atom. The molecular weight excluding hydrogens is 304 g/mol. The quantitative estimate of drug-likeness (QED) is 0.624. The summed E-state index contributed by atoms with van der Waals surface area (Å²) in [5.41, 5.74) is 0.794. The lowest BCUT2D eigenvalue weighted by atomic mass is 10.1. The zero-order chi connectivity index (χ0) is 16.8. The zero-order valence-electron chi connectivity index (χ0n) is 11.9. The van der Waals surface area contributed by atoms with Gasteiger partial charge in [-0.2, -0.15) is 0 Å². The van der Waals surface area contributed by atoms with E-state index in [0.29, 0.717) is 5.82 Å². The summed E-state index contributed by atoms with van der Waals surface area (Å²) in [6.07, 6.45) is 6.78. The van der Waals surface area contributed by atoms with E-state index in [-0.39, 0.29) is 12.8 Å². The topological polar surface area (TPSA) is 134 Å². The number of carboxylic acid groups (broad SMARTS) is 2. The number of carbonyl (C=O) groups excluding carboxylic acids is 1. The SMILES string of the molecule is O=C(O)CC[C@H](NC(=O)C=Cn1cnc2nccc-2c1)C(=O)O. The maximum atomic E-state index is 11.7. The van der Waals surface area contributed by atoms with Crippen LogP contribution in [0.15, 0.2) is 30.9 Å². The van der Waals surface area contributed by atoms with Crippen LogP contribution in [0, 0.1) is 0 Å². The predicted octanol–water partition coefficient (Wildman–Crippen LogP) is 0.288. The Morgan fingerprint density at radius 1 is 1.30 bits per heavy atom. The van der Waals surface area contributed by atoms with Crippen molar-refractivity contribution in [3.05, 3.63) is 30.9 Å². The summed E-state index contributed by atoms with van der Waals surface area (Å²) in [5, 5.41) is 19.8. The summed E-state index contributed by atoms with van der Waals surface area (Å²) in [4.78, 5) is 41.3. The minimum atomic E-state index is -1.29. The van der Waals surface area contributed by atoms with Gasteiger partial charge in [-0.05, 0) is 12.5 Å². The molecule has 2 aliphatic rings. The zero-order valence-corrected chi connectivity index (χ0v) is 11.9. The Kier molecular flexibility index (Phi) is 5.03. The first-order valence-corrected chi connectivity index (χ1v) is 6.67. The average molecular weight is 318 g/mol. The van der Waals surface area contributed by atoms with Crippen LogP contribution >= 0.6 is 0 Å². The highest BCUT2D eigenvalue weighted by atomic mass is 16.4. The molecule has 9 nitrogen and oxygen atoms in total. The highest BCUT2D eigenvalue weighted by Crippen LogP contribution is 2.15. The smallest absolute Gasteiger partial charge is 0.326 e. The van der Waals surface area contributed by atoms with Gasteiger partial charge in [-0.3, -0.25) is 9.59 Å². The summed E-state index contributed by atoms with van der Waals surface area (Å²) in [5.74, 6) is -2.47.